The summed E-state index contributed by atoms with van der Waals surface area (Å²) in [6, 6.07) is 0.220. The van der Waals surface area contributed by atoms with Crippen molar-refractivity contribution in [3.8, 4) is 5.95 Å². The largest absolute Gasteiger partial charge is 0.376 e. The van der Waals surface area contributed by atoms with Gasteiger partial charge in [0.1, 0.15) is 6.33 Å². The van der Waals surface area contributed by atoms with Gasteiger partial charge in [-0.1, -0.05) is 0 Å². The predicted octanol–water partition coefficient (Wildman–Crippen LogP) is 1.08. The van der Waals surface area contributed by atoms with E-state index in [9.17, 15) is 0 Å². The number of aromatic nitrogens is 5. The summed E-state index contributed by atoms with van der Waals surface area (Å²) in [6.45, 7) is 5.56. The number of anilines is 2. The fourth-order valence-corrected chi connectivity index (χ4v) is 2.25. The number of nitrogens with one attached hydrogen (secondary N) is 2. The maximum absolute atomic E-state index is 5.55. The van der Waals surface area contributed by atoms with Crippen LogP contribution in [0, 0.1) is 0 Å². The lowest BCUT2D eigenvalue weighted by Gasteiger charge is -2.16. The number of hydrogen-bond donors (Lipinski definition) is 2. The molecule has 0 saturated carbocycles. The highest BCUT2D eigenvalue weighted by Gasteiger charge is 2.25. The van der Waals surface area contributed by atoms with Gasteiger partial charge in [0.25, 0.3) is 0 Å². The minimum Gasteiger partial charge on any atom is -0.376 e. The van der Waals surface area contributed by atoms with Crippen molar-refractivity contribution in [3.05, 3.63) is 18.7 Å². The zero-order chi connectivity index (χ0) is 14.7. The van der Waals surface area contributed by atoms with Crippen LogP contribution in [0.1, 0.15) is 20.3 Å². The molecule has 8 heteroatoms. The van der Waals surface area contributed by atoms with Crippen molar-refractivity contribution in [3.63, 3.8) is 0 Å². The third-order valence-corrected chi connectivity index (χ3v) is 3.38. The minimum absolute atomic E-state index is 0.154. The Balaban J connectivity index is 1.88. The molecule has 2 aromatic heterocycles. The lowest BCUT2D eigenvalue weighted by molar-refractivity contribution is 0.121. The van der Waals surface area contributed by atoms with Crippen LogP contribution < -0.4 is 10.6 Å². The van der Waals surface area contributed by atoms with E-state index in [4.69, 9.17) is 4.74 Å². The van der Waals surface area contributed by atoms with Gasteiger partial charge in [-0.2, -0.15) is 15.0 Å². The lowest BCUT2D eigenvalue weighted by Crippen LogP contribution is -2.28. The van der Waals surface area contributed by atoms with E-state index in [-0.39, 0.29) is 12.1 Å². The Labute approximate surface area is 123 Å². The van der Waals surface area contributed by atoms with Crippen LogP contribution in [0.15, 0.2) is 18.7 Å². The molecule has 112 valence electrons. The van der Waals surface area contributed by atoms with Gasteiger partial charge in [0.05, 0.1) is 12.1 Å². The fraction of sp³-hybridized carbons (Fsp3) is 0.538. The molecule has 1 aliphatic rings. The van der Waals surface area contributed by atoms with Gasteiger partial charge >= 0.3 is 0 Å². The second-order valence-electron chi connectivity index (χ2n) is 4.90. The van der Waals surface area contributed by atoms with E-state index in [1.54, 1.807) is 23.3 Å². The van der Waals surface area contributed by atoms with Crippen LogP contribution in [-0.2, 0) is 4.74 Å². The van der Waals surface area contributed by atoms with Gasteiger partial charge < -0.3 is 15.4 Å². The normalized spacial score (nSPS) is 21.4. The van der Waals surface area contributed by atoms with Crippen LogP contribution in [0.25, 0.3) is 5.95 Å². The highest BCUT2D eigenvalue weighted by Crippen LogP contribution is 2.18. The van der Waals surface area contributed by atoms with Gasteiger partial charge in [0, 0.05) is 25.5 Å². The molecule has 8 nitrogen and oxygen atoms in total. The number of rotatable bonds is 5. The van der Waals surface area contributed by atoms with Crippen LogP contribution in [0.2, 0.25) is 0 Å². The van der Waals surface area contributed by atoms with E-state index in [1.807, 2.05) is 13.8 Å². The van der Waals surface area contributed by atoms with Crippen molar-refractivity contribution >= 4 is 11.9 Å². The van der Waals surface area contributed by atoms with Crippen molar-refractivity contribution in [2.24, 2.45) is 0 Å². The average Bonchev–Trinajstić information content (AvgIpc) is 3.12. The van der Waals surface area contributed by atoms with E-state index < -0.39 is 0 Å². The molecule has 3 rings (SSSR count). The van der Waals surface area contributed by atoms with Crippen LogP contribution in [0.3, 0.4) is 0 Å². The fourth-order valence-electron chi connectivity index (χ4n) is 2.25. The Kier molecular flexibility index (Phi) is 3.96. The molecule has 1 saturated heterocycles. The van der Waals surface area contributed by atoms with Crippen molar-refractivity contribution < 1.29 is 4.74 Å². The molecule has 0 amide bonds. The monoisotopic (exact) mass is 289 g/mol. The van der Waals surface area contributed by atoms with Crippen LogP contribution in [-0.4, -0.2) is 49.8 Å². The first-order valence-corrected chi connectivity index (χ1v) is 7.12. The van der Waals surface area contributed by atoms with Gasteiger partial charge in [0.15, 0.2) is 0 Å². The number of ether oxygens (including phenoxy) is 1. The van der Waals surface area contributed by atoms with Gasteiger partial charge in [0.2, 0.25) is 17.8 Å². The molecule has 0 aliphatic carbocycles. The van der Waals surface area contributed by atoms with E-state index in [0.29, 0.717) is 17.8 Å². The second kappa shape index (κ2) is 6.04. The van der Waals surface area contributed by atoms with Crippen LogP contribution in [0.4, 0.5) is 11.9 Å². The highest BCUT2D eigenvalue weighted by atomic mass is 16.5. The molecule has 1 fully saturated rings. The van der Waals surface area contributed by atoms with Crippen LogP contribution >= 0.6 is 0 Å². The van der Waals surface area contributed by atoms with Gasteiger partial charge in [-0.3, -0.25) is 4.57 Å². The molecule has 2 aromatic rings. The van der Waals surface area contributed by atoms with Crippen LogP contribution in [0.5, 0.6) is 0 Å². The molecule has 1 aliphatic heterocycles. The number of imidazole rings is 1. The molecule has 3 heterocycles. The summed E-state index contributed by atoms with van der Waals surface area (Å²) in [6.07, 6.45) is 6.26. The topological polar surface area (TPSA) is 89.8 Å². The minimum atomic E-state index is 0.154. The standard InChI is InChI=1S/C13H19N7O/c1-3-15-11-17-12(16-10-4-7-21-9(10)2)19-13(18-11)20-6-5-14-8-20/h5-6,8-10H,3-4,7H2,1-2H3,(H2,15,16,17,18,19). The first-order valence-electron chi connectivity index (χ1n) is 7.12. The Bertz CT molecular complexity index is 586. The SMILES string of the molecule is CCNc1nc(NC2CCOC2C)nc(-n2ccnc2)n1. The van der Waals surface area contributed by atoms with E-state index in [2.05, 4.69) is 30.6 Å². The van der Waals surface area contributed by atoms with Crippen molar-refractivity contribution in [2.75, 3.05) is 23.8 Å². The first kappa shape index (κ1) is 13.7. The summed E-state index contributed by atoms with van der Waals surface area (Å²) < 4.78 is 7.31. The molecular formula is C13H19N7O. The molecule has 2 unspecified atom stereocenters. The third-order valence-electron chi connectivity index (χ3n) is 3.38. The highest BCUT2D eigenvalue weighted by molar-refractivity contribution is 5.39. The molecule has 0 spiro atoms. The van der Waals surface area contributed by atoms with Crippen molar-refractivity contribution in [1.82, 2.24) is 24.5 Å². The summed E-state index contributed by atoms with van der Waals surface area (Å²) in [5.74, 6) is 1.63. The number of nitrogens with zero attached hydrogens (tertiary/aromatic N) is 5. The summed E-state index contributed by atoms with van der Waals surface area (Å²) in [5, 5.41) is 6.45. The second-order valence-corrected chi connectivity index (χ2v) is 4.90. The quantitative estimate of drug-likeness (QED) is 0.851. The van der Waals surface area contributed by atoms with Gasteiger partial charge in [-0.25, -0.2) is 4.98 Å². The Morgan fingerprint density at radius 3 is 2.86 bits per heavy atom. The molecule has 0 bridgehead atoms. The van der Waals surface area contributed by atoms with Crippen molar-refractivity contribution in [1.29, 1.82) is 0 Å². The zero-order valence-electron chi connectivity index (χ0n) is 12.2. The van der Waals surface area contributed by atoms with Crippen molar-refractivity contribution in [2.45, 2.75) is 32.4 Å². The summed E-state index contributed by atoms with van der Waals surface area (Å²) in [4.78, 5) is 17.2. The van der Waals surface area contributed by atoms with Gasteiger partial charge in [-0.15, -0.1) is 0 Å². The van der Waals surface area contributed by atoms with E-state index >= 15 is 0 Å². The predicted molar refractivity (Wildman–Crippen MR) is 78.6 cm³/mol. The smallest absolute Gasteiger partial charge is 0.241 e. The number of hydrogen-bond acceptors (Lipinski definition) is 7. The molecule has 21 heavy (non-hydrogen) atoms. The maximum atomic E-state index is 5.55. The Hall–Kier alpha value is -2.22. The summed E-state index contributed by atoms with van der Waals surface area (Å²) >= 11 is 0. The summed E-state index contributed by atoms with van der Waals surface area (Å²) in [7, 11) is 0. The van der Waals surface area contributed by atoms with Gasteiger partial charge in [-0.05, 0) is 20.3 Å². The lowest BCUT2D eigenvalue weighted by atomic mass is 10.2. The summed E-state index contributed by atoms with van der Waals surface area (Å²) in [5.41, 5.74) is 0. The molecular weight excluding hydrogens is 270 g/mol. The molecule has 2 atom stereocenters. The first-order chi connectivity index (χ1) is 10.3. The van der Waals surface area contributed by atoms with E-state index in [1.165, 1.54) is 0 Å². The Morgan fingerprint density at radius 1 is 1.33 bits per heavy atom. The average molecular weight is 289 g/mol. The molecule has 0 aromatic carbocycles. The maximum Gasteiger partial charge on any atom is 0.241 e. The van der Waals surface area contributed by atoms with E-state index in [0.717, 1.165) is 19.6 Å². The molecule has 2 N–H and O–H groups in total. The Morgan fingerprint density at radius 2 is 2.19 bits per heavy atom. The third kappa shape index (κ3) is 3.10. The zero-order valence-corrected chi connectivity index (χ0v) is 12.2. The molecule has 0 radical (unpaired) electrons.